The lowest BCUT2D eigenvalue weighted by Crippen LogP contribution is -2.30. The quantitative estimate of drug-likeness (QED) is 0.0812. The molecule has 4 nitrogen and oxygen atoms in total. The average Bonchev–Trinajstić information content (AvgIpc) is 0.773. The Morgan fingerprint density at radius 1 is 0.174 bits per heavy atom. The van der Waals surface area contributed by atoms with Crippen LogP contribution in [0.2, 0.25) is 0 Å². The van der Waals surface area contributed by atoms with Gasteiger partial charge in [-0.2, -0.15) is 0 Å². The lowest BCUT2D eigenvalue weighted by atomic mass is 9.76. The third-order valence-corrected chi connectivity index (χ3v) is 22.7. The third kappa shape index (κ3) is 17.4. The average molecular weight is 1720 g/mol. The second-order valence-electron chi connectivity index (χ2n) is 28.1. The molecule has 0 radical (unpaired) electrons. The van der Waals surface area contributed by atoms with Crippen molar-refractivity contribution in [1.29, 1.82) is 0 Å². The third-order valence-electron chi connectivity index (χ3n) is 21.0. The van der Waals surface area contributed by atoms with Crippen molar-refractivity contribution >= 4 is 155 Å². The van der Waals surface area contributed by atoms with Gasteiger partial charge in [0.1, 0.15) is 0 Å². The van der Waals surface area contributed by atoms with E-state index in [0.29, 0.717) is 10.9 Å². The van der Waals surface area contributed by atoms with Crippen LogP contribution in [0.1, 0.15) is 0 Å². The van der Waals surface area contributed by atoms with Crippen LogP contribution in [0.25, 0.3) is 164 Å². The van der Waals surface area contributed by atoms with Gasteiger partial charge in [0.25, 0.3) is 0 Å². The van der Waals surface area contributed by atoms with Crippen LogP contribution in [-0.2, 0) is 0 Å². The minimum atomic E-state index is -1.47. The van der Waals surface area contributed by atoms with Crippen molar-refractivity contribution < 1.29 is 20.1 Å². The predicted molar refractivity (Wildman–Crippen MR) is 506 cm³/mol. The molecule has 0 amide bonds. The van der Waals surface area contributed by atoms with E-state index in [0.717, 1.165) is 52.7 Å². The molecule has 0 spiro atoms. The summed E-state index contributed by atoms with van der Waals surface area (Å²) in [6, 6.07) is 150. The first-order chi connectivity index (χ1) is 56.5. The number of benzene rings is 20. The monoisotopic (exact) mass is 1720 g/mol. The zero-order chi connectivity index (χ0) is 78.6. The van der Waals surface area contributed by atoms with Crippen molar-refractivity contribution in [1.82, 2.24) is 0 Å². The maximum absolute atomic E-state index is 9.58. The zero-order valence-corrected chi connectivity index (χ0v) is 67.9. The molecule has 0 atom stereocenters. The highest BCUT2D eigenvalue weighted by Crippen LogP contribution is 2.42. The van der Waals surface area contributed by atoms with Crippen LogP contribution < -0.4 is 10.9 Å². The summed E-state index contributed by atoms with van der Waals surface area (Å²) in [5, 5.41) is 54.4. The van der Waals surface area contributed by atoms with Gasteiger partial charge in [0.05, 0.1) is 0 Å². The molecule has 4 N–H and O–H groups in total. The van der Waals surface area contributed by atoms with Gasteiger partial charge in [0, 0.05) is 12.5 Å². The topological polar surface area (TPSA) is 80.9 Å². The van der Waals surface area contributed by atoms with E-state index in [-0.39, 0.29) is 0 Å². The Hall–Kier alpha value is -12.1. The van der Waals surface area contributed by atoms with E-state index in [4.69, 9.17) is 0 Å². The number of rotatable bonds is 10. The maximum atomic E-state index is 9.58. The number of hydrogen-bond donors (Lipinski definition) is 4. The summed E-state index contributed by atoms with van der Waals surface area (Å²) in [4.78, 5) is 0. The largest absolute Gasteiger partial charge is 0.489 e. The lowest BCUT2D eigenvalue weighted by Gasteiger charge is -2.15. The highest BCUT2D eigenvalue weighted by atomic mass is 127. The fraction of sp³-hybridized carbons (Fsp3) is 0. The van der Waals surface area contributed by atoms with E-state index in [1.807, 2.05) is 103 Å². The Morgan fingerprint density at radius 2 is 0.409 bits per heavy atom. The minimum Gasteiger partial charge on any atom is -0.423 e. The van der Waals surface area contributed by atoms with Crippen LogP contribution in [0.15, 0.2) is 440 Å². The molecule has 0 saturated carbocycles. The molecule has 0 unspecified atom stereocenters. The molecular weight excluding hydrogens is 1650 g/mol. The molecule has 0 heterocycles. The first-order valence-electron chi connectivity index (χ1n) is 38.2. The van der Waals surface area contributed by atoms with Crippen molar-refractivity contribution in [2.75, 3.05) is 0 Å². The fourth-order valence-corrected chi connectivity index (χ4v) is 17.3. The van der Waals surface area contributed by atoms with E-state index >= 15 is 0 Å². The summed E-state index contributed by atoms with van der Waals surface area (Å²) in [6.45, 7) is 0. The molecule has 0 aliphatic heterocycles. The molecule has 115 heavy (non-hydrogen) atoms. The number of fused-ring (bicyclic) bond motifs is 7. The molecule has 0 saturated heterocycles. The Bertz CT molecular complexity index is 6840. The van der Waals surface area contributed by atoms with Crippen LogP contribution in [0.3, 0.4) is 0 Å². The van der Waals surface area contributed by atoms with Gasteiger partial charge in [-0.15, -0.1) is 0 Å². The van der Waals surface area contributed by atoms with E-state index < -0.39 is 14.2 Å². The maximum Gasteiger partial charge on any atom is 0.489 e. The summed E-state index contributed by atoms with van der Waals surface area (Å²) in [5.41, 5.74) is 20.5. The van der Waals surface area contributed by atoms with Gasteiger partial charge in [-0.3, -0.25) is 0 Å². The number of halogens is 3. The zero-order valence-electron chi connectivity index (χ0n) is 62.6. The van der Waals surface area contributed by atoms with Gasteiger partial charge in [-0.25, -0.2) is 0 Å². The van der Waals surface area contributed by atoms with Crippen molar-refractivity contribution in [3.8, 4) is 89.0 Å². The van der Waals surface area contributed by atoms with Crippen molar-refractivity contribution in [2.24, 2.45) is 0 Å². The molecule has 0 bridgehead atoms. The summed E-state index contributed by atoms with van der Waals surface area (Å²) in [6.07, 6.45) is 0. The lowest BCUT2D eigenvalue weighted by molar-refractivity contribution is 0.425. The summed E-state index contributed by atoms with van der Waals surface area (Å²) in [5.74, 6) is 0. The van der Waals surface area contributed by atoms with E-state index in [2.05, 4.69) is 370 Å². The SMILES string of the molecule is Brc1cccc(-c2ccc(-c3ccccc3)c3ccccc23)c1.Brc1cccc(I)c1.OB(O)c1ccc(-c2ccc3ccccc3c2)c2ccccc12.OB(O)c1ccc(-c2ccccc2)c2ccccc12.c1ccc(-c2ccc(-c3cccc(-c4ccc(-c5ccc6ccccc6c5)c5ccccc45)c3)c3ccccc23)cc1. The summed E-state index contributed by atoms with van der Waals surface area (Å²) >= 11 is 9.21. The first-order valence-corrected chi connectivity index (χ1v) is 40.9. The molecule has 20 aromatic rings. The molecule has 0 aliphatic rings. The van der Waals surface area contributed by atoms with Gasteiger partial charge >= 0.3 is 14.2 Å². The van der Waals surface area contributed by atoms with Crippen LogP contribution in [0.5, 0.6) is 0 Å². The molecule has 20 rings (SSSR count). The van der Waals surface area contributed by atoms with Crippen LogP contribution in [0.4, 0.5) is 0 Å². The normalized spacial score (nSPS) is 10.9. The standard InChI is InChI=1S/C42H28.C22H15Br.C20H15BO2.C16H13BO2.C6H4BrI/c1-2-12-30(13-3-1)35-23-24-36(40-18-7-6-17-39(35)40)32-15-10-16-33(28-32)37-25-26-38(42-20-9-8-19-41(37)42)34-22-21-29-11-4-5-14-31(29)27-34;23-18-10-6-9-17(15-18)20-14-13-19(16-7-2-1-3-8-16)21-11-4-5-12-22(20)21;22-21(23)20-12-11-17(18-7-3-4-8-19(18)20)16-10-9-14-5-1-2-6-15(14)13-16;18-17(19)16-11-10-13(12-6-2-1-3-7-12)14-8-4-5-9-15(14)16;7-5-2-1-3-6(8)4-5/h1-28H;1-15H;1-13,22-23H;1-11,18-19H;1-4H. The van der Waals surface area contributed by atoms with Crippen LogP contribution >= 0.6 is 54.5 Å². The van der Waals surface area contributed by atoms with Crippen LogP contribution in [-0.4, -0.2) is 34.3 Å². The summed E-state index contributed by atoms with van der Waals surface area (Å²) in [7, 11) is -2.92. The van der Waals surface area contributed by atoms with Gasteiger partial charge in [0.15, 0.2) is 0 Å². The van der Waals surface area contributed by atoms with Crippen molar-refractivity contribution in [3.63, 3.8) is 0 Å². The van der Waals surface area contributed by atoms with Crippen LogP contribution in [0, 0.1) is 3.57 Å². The smallest absolute Gasteiger partial charge is 0.423 e. The first kappa shape index (κ1) is 76.8. The highest BCUT2D eigenvalue weighted by molar-refractivity contribution is 14.1. The van der Waals surface area contributed by atoms with Gasteiger partial charge in [-0.05, 0) is 246 Å². The van der Waals surface area contributed by atoms with Gasteiger partial charge < -0.3 is 20.1 Å². The minimum absolute atomic E-state index is 0.533. The van der Waals surface area contributed by atoms with Crippen molar-refractivity contribution in [2.45, 2.75) is 0 Å². The highest BCUT2D eigenvalue weighted by Gasteiger charge is 2.20. The number of hydrogen-bond acceptors (Lipinski definition) is 4. The van der Waals surface area contributed by atoms with Gasteiger partial charge in [0.2, 0.25) is 0 Å². The molecular formula is C106H75B2Br2IO4. The molecule has 0 aliphatic carbocycles. The van der Waals surface area contributed by atoms with Gasteiger partial charge in [-0.1, -0.05) is 414 Å². The van der Waals surface area contributed by atoms with E-state index in [1.54, 1.807) is 12.1 Å². The van der Waals surface area contributed by atoms with E-state index in [9.17, 15) is 20.1 Å². The predicted octanol–water partition coefficient (Wildman–Crippen LogP) is 27.3. The fourth-order valence-electron chi connectivity index (χ4n) is 15.5. The molecule has 550 valence electrons. The van der Waals surface area contributed by atoms with Crippen molar-refractivity contribution in [3.05, 3.63) is 443 Å². The second-order valence-corrected chi connectivity index (χ2v) is 31.2. The Labute approximate surface area is 701 Å². The van der Waals surface area contributed by atoms with E-state index in [1.165, 1.54) is 124 Å². The molecule has 9 heteroatoms. The Kier molecular flexibility index (Phi) is 24.0. The second kappa shape index (κ2) is 35.9. The molecule has 20 aromatic carbocycles. The molecule has 0 aromatic heterocycles. The molecule has 0 fully saturated rings. The summed E-state index contributed by atoms with van der Waals surface area (Å²) < 4.78 is 3.51. The Morgan fingerprint density at radius 3 is 0.713 bits per heavy atom. The Balaban J connectivity index is 0.000000117.